The van der Waals surface area contributed by atoms with Gasteiger partial charge in [0, 0.05) is 13.1 Å². The van der Waals surface area contributed by atoms with Gasteiger partial charge in [-0.2, -0.15) is 4.31 Å². The first kappa shape index (κ1) is 18.2. The van der Waals surface area contributed by atoms with Crippen LogP contribution in [-0.4, -0.2) is 45.6 Å². The Morgan fingerprint density at radius 1 is 1.24 bits per heavy atom. The van der Waals surface area contributed by atoms with E-state index in [4.69, 9.17) is 21.1 Å². The lowest BCUT2D eigenvalue weighted by Gasteiger charge is -2.32. The van der Waals surface area contributed by atoms with E-state index in [2.05, 4.69) is 0 Å². The fourth-order valence-corrected chi connectivity index (χ4v) is 4.67. The first-order chi connectivity index (χ1) is 12.0. The Hall–Kier alpha value is -1.60. The number of morpholine rings is 1. The Morgan fingerprint density at radius 2 is 2.00 bits per heavy atom. The number of hydrogen-bond acceptors (Lipinski definition) is 4. The monoisotopic (exact) mass is 381 g/mol. The van der Waals surface area contributed by atoms with Gasteiger partial charge < -0.3 is 9.47 Å². The number of ether oxygens (including phenoxy) is 2. The lowest BCUT2D eigenvalue weighted by molar-refractivity contribution is -0.000495. The van der Waals surface area contributed by atoms with E-state index in [-0.39, 0.29) is 16.0 Å². The maximum Gasteiger partial charge on any atom is 0.243 e. The third-order valence-electron chi connectivity index (χ3n) is 4.17. The Balaban J connectivity index is 1.76. The lowest BCUT2D eigenvalue weighted by Crippen LogP contribution is -2.46. The van der Waals surface area contributed by atoms with Crippen LogP contribution >= 0.6 is 11.6 Å². The van der Waals surface area contributed by atoms with E-state index >= 15 is 0 Å². The van der Waals surface area contributed by atoms with Gasteiger partial charge in [-0.25, -0.2) is 8.42 Å². The molecule has 0 amide bonds. The summed E-state index contributed by atoms with van der Waals surface area (Å²) in [5.74, 6) is 0.449. The number of hydrogen-bond donors (Lipinski definition) is 0. The van der Waals surface area contributed by atoms with Crippen LogP contribution < -0.4 is 4.74 Å². The summed E-state index contributed by atoms with van der Waals surface area (Å²) in [5.41, 5.74) is 1.12. The average Bonchev–Trinajstić information content (AvgIpc) is 2.62. The summed E-state index contributed by atoms with van der Waals surface area (Å²) in [5, 5.41) is 0.276. The highest BCUT2D eigenvalue weighted by atomic mass is 35.5. The molecule has 134 valence electrons. The summed E-state index contributed by atoms with van der Waals surface area (Å²) < 4.78 is 38.1. The summed E-state index contributed by atoms with van der Waals surface area (Å²) in [4.78, 5) is 0.165. The summed E-state index contributed by atoms with van der Waals surface area (Å²) in [6.07, 6.45) is 0.510. The second-order valence-corrected chi connectivity index (χ2v) is 8.19. The lowest BCUT2D eigenvalue weighted by atomic mass is 10.1. The van der Waals surface area contributed by atoms with Crippen molar-refractivity contribution in [2.24, 2.45) is 0 Å². The smallest absolute Gasteiger partial charge is 0.243 e. The van der Waals surface area contributed by atoms with Crippen molar-refractivity contribution < 1.29 is 17.9 Å². The molecule has 0 aliphatic carbocycles. The van der Waals surface area contributed by atoms with Gasteiger partial charge in [0.15, 0.2) is 0 Å². The van der Waals surface area contributed by atoms with E-state index in [1.807, 2.05) is 30.3 Å². The standard InChI is InChI=1S/C18H20ClNO4S/c1-23-18-8-7-16(12-17(18)19)25(21,22)20-9-10-24-15(13-20)11-14-5-3-2-4-6-14/h2-8,12,15H,9-11,13H2,1H3. The fraction of sp³-hybridized carbons (Fsp3) is 0.333. The molecule has 2 aromatic carbocycles. The van der Waals surface area contributed by atoms with Crippen LogP contribution in [0.2, 0.25) is 5.02 Å². The number of nitrogens with zero attached hydrogens (tertiary/aromatic N) is 1. The van der Waals surface area contributed by atoms with Crippen molar-refractivity contribution in [3.05, 3.63) is 59.1 Å². The molecule has 7 heteroatoms. The normalized spacial score (nSPS) is 18.9. The molecule has 0 spiro atoms. The zero-order chi connectivity index (χ0) is 17.9. The van der Waals surface area contributed by atoms with Gasteiger partial charge in [-0.15, -0.1) is 0 Å². The molecule has 2 aromatic rings. The van der Waals surface area contributed by atoms with Crippen molar-refractivity contribution in [3.63, 3.8) is 0 Å². The molecule has 1 atom stereocenters. The van der Waals surface area contributed by atoms with Crippen LogP contribution in [0.25, 0.3) is 0 Å². The topological polar surface area (TPSA) is 55.8 Å². The molecule has 1 heterocycles. The minimum atomic E-state index is -3.62. The third-order valence-corrected chi connectivity index (χ3v) is 6.33. The molecule has 1 aliphatic rings. The van der Waals surface area contributed by atoms with Crippen LogP contribution in [0.4, 0.5) is 0 Å². The van der Waals surface area contributed by atoms with Crippen molar-refractivity contribution in [3.8, 4) is 5.75 Å². The molecular formula is C18H20ClNO4S. The maximum absolute atomic E-state index is 12.9. The zero-order valence-electron chi connectivity index (χ0n) is 13.9. The number of rotatable bonds is 5. The van der Waals surface area contributed by atoms with Crippen molar-refractivity contribution in [1.82, 2.24) is 4.31 Å². The molecule has 1 unspecified atom stereocenters. The van der Waals surface area contributed by atoms with Crippen LogP contribution in [0.1, 0.15) is 5.56 Å². The number of halogens is 1. The molecular weight excluding hydrogens is 362 g/mol. The van der Waals surface area contributed by atoms with E-state index in [0.717, 1.165) is 5.56 Å². The molecule has 25 heavy (non-hydrogen) atoms. The minimum absolute atomic E-state index is 0.165. The van der Waals surface area contributed by atoms with E-state index < -0.39 is 10.0 Å². The highest BCUT2D eigenvalue weighted by molar-refractivity contribution is 7.89. The van der Waals surface area contributed by atoms with Gasteiger partial charge in [0.05, 0.1) is 29.7 Å². The van der Waals surface area contributed by atoms with Gasteiger partial charge in [-0.3, -0.25) is 0 Å². The van der Waals surface area contributed by atoms with E-state index in [1.54, 1.807) is 6.07 Å². The highest BCUT2D eigenvalue weighted by Crippen LogP contribution is 2.29. The Bertz CT molecular complexity index is 826. The van der Waals surface area contributed by atoms with E-state index in [1.165, 1.54) is 23.5 Å². The van der Waals surface area contributed by atoms with Crippen molar-refractivity contribution in [1.29, 1.82) is 0 Å². The van der Waals surface area contributed by atoms with Crippen LogP contribution in [0.15, 0.2) is 53.4 Å². The molecule has 0 saturated carbocycles. The largest absolute Gasteiger partial charge is 0.495 e. The first-order valence-corrected chi connectivity index (χ1v) is 9.82. The average molecular weight is 382 g/mol. The summed E-state index contributed by atoms with van der Waals surface area (Å²) in [6.45, 7) is 1.03. The van der Waals surface area contributed by atoms with Gasteiger partial charge in [-0.1, -0.05) is 41.9 Å². The molecule has 1 fully saturated rings. The van der Waals surface area contributed by atoms with Gasteiger partial charge >= 0.3 is 0 Å². The van der Waals surface area contributed by atoms with Crippen molar-refractivity contribution >= 4 is 21.6 Å². The van der Waals surface area contributed by atoms with Crippen molar-refractivity contribution in [2.75, 3.05) is 26.8 Å². The Kier molecular flexibility index (Phi) is 5.64. The van der Waals surface area contributed by atoms with Crippen LogP contribution in [0.3, 0.4) is 0 Å². The number of benzene rings is 2. The molecule has 0 N–H and O–H groups in total. The second kappa shape index (κ2) is 7.74. The second-order valence-electron chi connectivity index (χ2n) is 5.84. The Morgan fingerprint density at radius 3 is 2.68 bits per heavy atom. The minimum Gasteiger partial charge on any atom is -0.495 e. The predicted molar refractivity (Wildman–Crippen MR) is 96.6 cm³/mol. The molecule has 0 bridgehead atoms. The molecule has 5 nitrogen and oxygen atoms in total. The quantitative estimate of drug-likeness (QED) is 0.799. The van der Waals surface area contributed by atoms with Crippen LogP contribution in [-0.2, 0) is 21.2 Å². The zero-order valence-corrected chi connectivity index (χ0v) is 15.5. The van der Waals surface area contributed by atoms with Gasteiger partial charge in [0.2, 0.25) is 10.0 Å². The van der Waals surface area contributed by atoms with Gasteiger partial charge in [0.1, 0.15) is 5.75 Å². The van der Waals surface area contributed by atoms with Crippen LogP contribution in [0, 0.1) is 0 Å². The van der Waals surface area contributed by atoms with Gasteiger partial charge in [-0.05, 0) is 30.2 Å². The maximum atomic E-state index is 12.9. The van der Waals surface area contributed by atoms with E-state index in [9.17, 15) is 8.42 Å². The van der Waals surface area contributed by atoms with E-state index in [0.29, 0.717) is 31.9 Å². The number of sulfonamides is 1. The Labute approximate surface area is 153 Å². The van der Waals surface area contributed by atoms with Crippen LogP contribution in [0.5, 0.6) is 5.75 Å². The summed E-state index contributed by atoms with van der Waals surface area (Å²) in [7, 11) is -2.13. The SMILES string of the molecule is COc1ccc(S(=O)(=O)N2CCOC(Cc3ccccc3)C2)cc1Cl. The molecule has 3 rings (SSSR count). The summed E-state index contributed by atoms with van der Waals surface area (Å²) >= 11 is 6.08. The predicted octanol–water partition coefficient (Wildman–Crippen LogP) is 2.98. The fourth-order valence-electron chi connectivity index (χ4n) is 2.87. The molecule has 0 radical (unpaired) electrons. The number of methoxy groups -OCH3 is 1. The highest BCUT2D eigenvalue weighted by Gasteiger charge is 2.31. The molecule has 0 aromatic heterocycles. The summed E-state index contributed by atoms with van der Waals surface area (Å²) in [6, 6.07) is 14.4. The third kappa shape index (κ3) is 4.15. The van der Waals surface area contributed by atoms with Crippen molar-refractivity contribution in [2.45, 2.75) is 17.4 Å². The molecule has 1 aliphatic heterocycles. The van der Waals surface area contributed by atoms with Gasteiger partial charge in [0.25, 0.3) is 0 Å². The molecule has 1 saturated heterocycles. The first-order valence-electron chi connectivity index (χ1n) is 8.00.